The normalized spacial score (nSPS) is 12.5. The van der Waals surface area contributed by atoms with Crippen LogP contribution in [0, 0.1) is 5.82 Å². The summed E-state index contributed by atoms with van der Waals surface area (Å²) in [5, 5.41) is 11.5. The van der Waals surface area contributed by atoms with Crippen molar-refractivity contribution in [3.05, 3.63) is 24.0 Å². The van der Waals surface area contributed by atoms with Crippen LogP contribution in [0.15, 0.2) is 18.2 Å². The van der Waals surface area contributed by atoms with Crippen LogP contribution in [-0.2, 0) is 4.74 Å². The topological polar surface area (TPSA) is 79.8 Å². The van der Waals surface area contributed by atoms with E-state index in [0.29, 0.717) is 0 Å². The van der Waals surface area contributed by atoms with E-state index in [-0.39, 0.29) is 18.0 Å². The van der Waals surface area contributed by atoms with Gasteiger partial charge in [-0.05, 0) is 39.8 Å². The summed E-state index contributed by atoms with van der Waals surface area (Å²) in [6.45, 7) is 7.16. The van der Waals surface area contributed by atoms with E-state index in [1.165, 1.54) is 12.1 Å². The summed E-state index contributed by atoms with van der Waals surface area (Å²) >= 11 is 0. The van der Waals surface area contributed by atoms with E-state index in [1.807, 2.05) is 5.48 Å². The number of carbonyl (C=O) groups excluding carboxylic acids is 1. The Kier molecular flexibility index (Phi) is 5.78. The first-order chi connectivity index (χ1) is 9.71. The van der Waals surface area contributed by atoms with Gasteiger partial charge in [-0.2, -0.15) is 0 Å². The number of hydrogen-bond acceptors (Lipinski definition) is 5. The van der Waals surface area contributed by atoms with Gasteiger partial charge in [-0.1, -0.05) is 0 Å². The molecule has 6 nitrogen and oxygen atoms in total. The summed E-state index contributed by atoms with van der Waals surface area (Å²) < 4.78 is 23.7. The molecule has 7 heteroatoms. The van der Waals surface area contributed by atoms with Gasteiger partial charge in [-0.15, -0.1) is 0 Å². The van der Waals surface area contributed by atoms with Gasteiger partial charge in [0.2, 0.25) is 0 Å². The van der Waals surface area contributed by atoms with Crippen LogP contribution in [0.1, 0.15) is 27.7 Å². The predicted molar refractivity (Wildman–Crippen MR) is 76.1 cm³/mol. The molecular weight excluding hydrogens is 279 g/mol. The molecular formula is C14H21FN2O4. The molecule has 1 amide bonds. The fourth-order valence-electron chi connectivity index (χ4n) is 1.49. The van der Waals surface area contributed by atoms with Crippen molar-refractivity contribution >= 4 is 11.8 Å². The highest BCUT2D eigenvalue weighted by molar-refractivity contribution is 5.67. The van der Waals surface area contributed by atoms with Gasteiger partial charge in [0.15, 0.2) is 0 Å². The van der Waals surface area contributed by atoms with Crippen LogP contribution in [0.4, 0.5) is 14.9 Å². The number of anilines is 1. The average molecular weight is 300 g/mol. The van der Waals surface area contributed by atoms with E-state index in [1.54, 1.807) is 27.7 Å². The Balaban J connectivity index is 2.52. The molecule has 0 saturated carbocycles. The molecule has 0 aliphatic rings. The minimum absolute atomic E-state index is 0.149. The zero-order valence-corrected chi connectivity index (χ0v) is 12.6. The van der Waals surface area contributed by atoms with E-state index in [9.17, 15) is 9.18 Å². The highest BCUT2D eigenvalue weighted by Gasteiger charge is 2.17. The van der Waals surface area contributed by atoms with Gasteiger partial charge in [-0.25, -0.2) is 9.18 Å². The van der Waals surface area contributed by atoms with Crippen molar-refractivity contribution in [2.24, 2.45) is 0 Å². The molecule has 0 heterocycles. The summed E-state index contributed by atoms with van der Waals surface area (Å²) in [4.78, 5) is 11.5. The van der Waals surface area contributed by atoms with E-state index < -0.39 is 23.6 Å². The molecule has 1 unspecified atom stereocenters. The van der Waals surface area contributed by atoms with Gasteiger partial charge in [0.1, 0.15) is 29.0 Å². The first-order valence-electron chi connectivity index (χ1n) is 6.54. The summed E-state index contributed by atoms with van der Waals surface area (Å²) in [5.74, 6) is -0.340. The Morgan fingerprint density at radius 2 is 2.10 bits per heavy atom. The summed E-state index contributed by atoms with van der Waals surface area (Å²) in [7, 11) is 0. The lowest BCUT2D eigenvalue weighted by atomic mass is 10.2. The summed E-state index contributed by atoms with van der Waals surface area (Å²) in [5.41, 5.74) is 1.58. The molecule has 118 valence electrons. The first kappa shape index (κ1) is 17.0. The highest BCUT2D eigenvalue weighted by Crippen LogP contribution is 2.25. The van der Waals surface area contributed by atoms with Crippen molar-refractivity contribution in [1.29, 1.82) is 0 Å². The predicted octanol–water partition coefficient (Wildman–Crippen LogP) is 2.92. The number of rotatable bonds is 5. The third-order valence-corrected chi connectivity index (χ3v) is 2.33. The second-order valence-corrected chi connectivity index (χ2v) is 5.56. The van der Waals surface area contributed by atoms with E-state index >= 15 is 0 Å². The Bertz CT molecular complexity index is 488. The maximum Gasteiger partial charge on any atom is 0.407 e. The van der Waals surface area contributed by atoms with Crippen molar-refractivity contribution in [1.82, 2.24) is 5.32 Å². The van der Waals surface area contributed by atoms with Crippen molar-refractivity contribution in [3.8, 4) is 5.75 Å². The van der Waals surface area contributed by atoms with E-state index in [2.05, 4.69) is 5.32 Å². The number of carbonyl (C=O) groups is 1. The second kappa shape index (κ2) is 7.12. The maximum atomic E-state index is 13.2. The lowest BCUT2D eigenvalue weighted by molar-refractivity contribution is 0.0505. The standard InChI is InChI=1S/C14H21FN2O4/c1-9(8-16-13(18)21-14(2,3)4)20-12-7-10(15)5-6-11(12)17-19/h5-7,9,17,19H,8H2,1-4H3,(H,16,18). The number of benzene rings is 1. The molecule has 0 aliphatic carbocycles. The number of amides is 1. The number of halogens is 1. The van der Waals surface area contributed by atoms with Crippen LogP contribution in [0.2, 0.25) is 0 Å². The quantitative estimate of drug-likeness (QED) is 0.729. The monoisotopic (exact) mass is 300 g/mol. The molecule has 0 radical (unpaired) electrons. The van der Waals surface area contributed by atoms with Crippen molar-refractivity contribution < 1.29 is 23.9 Å². The second-order valence-electron chi connectivity index (χ2n) is 5.56. The van der Waals surface area contributed by atoms with Crippen LogP contribution in [0.25, 0.3) is 0 Å². The molecule has 0 fully saturated rings. The molecule has 1 rings (SSSR count). The third kappa shape index (κ3) is 6.31. The van der Waals surface area contributed by atoms with Gasteiger partial charge in [-0.3, -0.25) is 10.7 Å². The fourth-order valence-corrected chi connectivity index (χ4v) is 1.49. The Hall–Kier alpha value is -2.02. The van der Waals surface area contributed by atoms with Gasteiger partial charge in [0.25, 0.3) is 0 Å². The lowest BCUT2D eigenvalue weighted by Crippen LogP contribution is -2.37. The first-order valence-corrected chi connectivity index (χ1v) is 6.54. The van der Waals surface area contributed by atoms with Gasteiger partial charge >= 0.3 is 6.09 Å². The highest BCUT2D eigenvalue weighted by atomic mass is 19.1. The van der Waals surface area contributed by atoms with Gasteiger partial charge in [0.05, 0.1) is 6.54 Å². The average Bonchev–Trinajstić information content (AvgIpc) is 2.35. The zero-order valence-electron chi connectivity index (χ0n) is 12.6. The fraction of sp³-hybridized carbons (Fsp3) is 0.500. The molecule has 0 aromatic heterocycles. The number of ether oxygens (including phenoxy) is 2. The largest absolute Gasteiger partial charge is 0.487 e. The number of nitrogens with one attached hydrogen (secondary N) is 2. The molecule has 0 spiro atoms. The molecule has 0 aliphatic heterocycles. The van der Waals surface area contributed by atoms with E-state index in [4.69, 9.17) is 14.7 Å². The minimum atomic E-state index is -0.579. The molecule has 1 aromatic carbocycles. The molecule has 3 N–H and O–H groups in total. The lowest BCUT2D eigenvalue weighted by Gasteiger charge is -2.21. The zero-order chi connectivity index (χ0) is 16.0. The van der Waals surface area contributed by atoms with Crippen LogP contribution in [0.5, 0.6) is 5.75 Å². The van der Waals surface area contributed by atoms with Gasteiger partial charge < -0.3 is 14.8 Å². The Morgan fingerprint density at radius 1 is 1.43 bits per heavy atom. The van der Waals surface area contributed by atoms with Crippen LogP contribution in [-0.4, -0.2) is 29.6 Å². The summed E-state index contributed by atoms with van der Waals surface area (Å²) in [6.07, 6.45) is -0.996. The molecule has 0 saturated heterocycles. The van der Waals surface area contributed by atoms with E-state index in [0.717, 1.165) is 6.07 Å². The molecule has 21 heavy (non-hydrogen) atoms. The SMILES string of the molecule is CC(CNC(=O)OC(C)(C)C)Oc1cc(F)ccc1NO. The van der Waals surface area contributed by atoms with Crippen LogP contribution >= 0.6 is 0 Å². The van der Waals surface area contributed by atoms with Crippen molar-refractivity contribution in [3.63, 3.8) is 0 Å². The number of hydrogen-bond donors (Lipinski definition) is 3. The maximum absolute atomic E-state index is 13.2. The molecule has 1 aromatic rings. The Labute approximate surface area is 123 Å². The van der Waals surface area contributed by atoms with Gasteiger partial charge in [0, 0.05) is 6.07 Å². The van der Waals surface area contributed by atoms with Crippen molar-refractivity contribution in [2.45, 2.75) is 39.4 Å². The van der Waals surface area contributed by atoms with Crippen molar-refractivity contribution in [2.75, 3.05) is 12.0 Å². The number of alkyl carbamates (subject to hydrolysis) is 1. The summed E-state index contributed by atoms with van der Waals surface area (Å²) in [6, 6.07) is 3.68. The minimum Gasteiger partial charge on any atom is -0.487 e. The molecule has 1 atom stereocenters. The smallest absolute Gasteiger partial charge is 0.407 e. The molecule has 0 bridgehead atoms. The van der Waals surface area contributed by atoms with Crippen LogP contribution in [0.3, 0.4) is 0 Å². The van der Waals surface area contributed by atoms with Crippen LogP contribution < -0.4 is 15.5 Å². The third-order valence-electron chi connectivity index (χ3n) is 2.33. The Morgan fingerprint density at radius 3 is 2.67 bits per heavy atom.